The Kier molecular flexibility index (Phi) is 4.39. The minimum atomic E-state index is -0.257. The van der Waals surface area contributed by atoms with Gasteiger partial charge in [-0.3, -0.25) is 4.90 Å². The zero-order valence-electron chi connectivity index (χ0n) is 11.9. The van der Waals surface area contributed by atoms with E-state index in [1.54, 1.807) is 6.20 Å². The standard InChI is InChI=1S/C13H22N4O2/c1-4-6-11-12(7-5-2)17-10(8-14-15-17)9-16(11)13(18)19-3/h8,11-12H,4-7,9H2,1-3H3/t11-,12+/m1/s1. The van der Waals surface area contributed by atoms with E-state index in [9.17, 15) is 4.79 Å². The molecule has 1 aromatic heterocycles. The third kappa shape index (κ3) is 2.57. The fourth-order valence-corrected chi connectivity index (χ4v) is 2.89. The van der Waals surface area contributed by atoms with Gasteiger partial charge in [0.05, 0.1) is 37.6 Å². The van der Waals surface area contributed by atoms with Gasteiger partial charge in [-0.25, -0.2) is 9.48 Å². The van der Waals surface area contributed by atoms with E-state index < -0.39 is 0 Å². The average molecular weight is 266 g/mol. The van der Waals surface area contributed by atoms with Crippen LogP contribution in [0.25, 0.3) is 0 Å². The number of rotatable bonds is 4. The van der Waals surface area contributed by atoms with Crippen LogP contribution in [-0.2, 0) is 11.3 Å². The van der Waals surface area contributed by atoms with Gasteiger partial charge < -0.3 is 4.74 Å². The van der Waals surface area contributed by atoms with Crippen LogP contribution in [0.2, 0.25) is 0 Å². The first-order valence-corrected chi connectivity index (χ1v) is 6.96. The molecule has 0 aliphatic carbocycles. The number of nitrogens with zero attached hydrogens (tertiary/aromatic N) is 4. The number of amides is 1. The molecule has 1 aromatic rings. The first-order valence-electron chi connectivity index (χ1n) is 6.96. The van der Waals surface area contributed by atoms with Gasteiger partial charge in [0.1, 0.15) is 0 Å². The lowest BCUT2D eigenvalue weighted by Crippen LogP contribution is -2.49. The summed E-state index contributed by atoms with van der Waals surface area (Å²) in [6.07, 6.45) is 5.52. The number of hydrogen-bond acceptors (Lipinski definition) is 4. The molecule has 0 fully saturated rings. The smallest absolute Gasteiger partial charge is 0.410 e. The topological polar surface area (TPSA) is 60.2 Å². The fraction of sp³-hybridized carbons (Fsp3) is 0.769. The Labute approximate surface area is 113 Å². The number of hydrogen-bond donors (Lipinski definition) is 0. The van der Waals surface area contributed by atoms with Crippen molar-refractivity contribution in [1.82, 2.24) is 19.9 Å². The van der Waals surface area contributed by atoms with Gasteiger partial charge in [0.2, 0.25) is 0 Å². The monoisotopic (exact) mass is 266 g/mol. The molecule has 6 heteroatoms. The van der Waals surface area contributed by atoms with Gasteiger partial charge >= 0.3 is 6.09 Å². The van der Waals surface area contributed by atoms with E-state index in [0.717, 1.165) is 31.4 Å². The largest absolute Gasteiger partial charge is 0.453 e. The summed E-state index contributed by atoms with van der Waals surface area (Å²) in [4.78, 5) is 13.8. The molecule has 6 nitrogen and oxygen atoms in total. The van der Waals surface area contributed by atoms with Gasteiger partial charge in [-0.1, -0.05) is 31.9 Å². The molecule has 19 heavy (non-hydrogen) atoms. The minimum absolute atomic E-state index is 0.145. The van der Waals surface area contributed by atoms with Crippen molar-refractivity contribution < 1.29 is 9.53 Å². The lowest BCUT2D eigenvalue weighted by Gasteiger charge is -2.40. The summed E-state index contributed by atoms with van der Waals surface area (Å²) in [5, 5.41) is 8.18. The van der Waals surface area contributed by atoms with Gasteiger partial charge in [-0.05, 0) is 12.8 Å². The zero-order valence-corrected chi connectivity index (χ0v) is 11.9. The SMILES string of the molecule is CCC[C@@H]1[C@H](CCC)n2nncc2CN1C(=O)OC. The lowest BCUT2D eigenvalue weighted by molar-refractivity contribution is 0.0592. The number of carbonyl (C=O) groups is 1. The summed E-state index contributed by atoms with van der Waals surface area (Å²) in [7, 11) is 1.43. The molecule has 2 atom stereocenters. The number of fused-ring (bicyclic) bond motifs is 1. The summed E-state index contributed by atoms with van der Waals surface area (Å²) < 4.78 is 6.91. The second-order valence-corrected chi connectivity index (χ2v) is 4.98. The summed E-state index contributed by atoms with van der Waals surface area (Å²) in [6.45, 7) is 4.82. The predicted molar refractivity (Wildman–Crippen MR) is 70.6 cm³/mol. The third-order valence-corrected chi connectivity index (χ3v) is 3.72. The molecule has 1 amide bonds. The van der Waals surface area contributed by atoms with E-state index in [-0.39, 0.29) is 18.2 Å². The molecule has 1 aliphatic heterocycles. The van der Waals surface area contributed by atoms with Crippen molar-refractivity contribution >= 4 is 6.09 Å². The molecule has 0 saturated carbocycles. The van der Waals surface area contributed by atoms with Gasteiger partial charge in [0.25, 0.3) is 0 Å². The molecule has 2 heterocycles. The maximum atomic E-state index is 12.0. The number of aromatic nitrogens is 3. The third-order valence-electron chi connectivity index (χ3n) is 3.72. The second kappa shape index (κ2) is 6.04. The van der Waals surface area contributed by atoms with Crippen LogP contribution in [0.5, 0.6) is 0 Å². The molecule has 1 aliphatic rings. The Hall–Kier alpha value is -1.59. The Bertz CT molecular complexity index is 432. The van der Waals surface area contributed by atoms with Crippen molar-refractivity contribution in [3.05, 3.63) is 11.9 Å². The highest BCUT2D eigenvalue weighted by Gasteiger charge is 2.37. The maximum Gasteiger partial charge on any atom is 0.410 e. The van der Waals surface area contributed by atoms with Crippen LogP contribution in [0, 0.1) is 0 Å². The normalized spacial score (nSPS) is 22.2. The average Bonchev–Trinajstić information content (AvgIpc) is 2.88. The Balaban J connectivity index is 2.34. The Morgan fingerprint density at radius 2 is 2.05 bits per heavy atom. The lowest BCUT2D eigenvalue weighted by atomic mass is 9.95. The van der Waals surface area contributed by atoms with E-state index >= 15 is 0 Å². The number of methoxy groups -OCH3 is 1. The summed E-state index contributed by atoms with van der Waals surface area (Å²) >= 11 is 0. The van der Waals surface area contributed by atoms with Crippen molar-refractivity contribution in [2.75, 3.05) is 7.11 Å². The molecule has 106 valence electrons. The summed E-state index contributed by atoms with van der Waals surface area (Å²) in [5.74, 6) is 0. The van der Waals surface area contributed by atoms with Crippen LogP contribution in [0.15, 0.2) is 6.20 Å². The van der Waals surface area contributed by atoms with E-state index in [0.29, 0.717) is 6.54 Å². The maximum absolute atomic E-state index is 12.0. The zero-order chi connectivity index (χ0) is 13.8. The van der Waals surface area contributed by atoms with Crippen molar-refractivity contribution in [3.8, 4) is 0 Å². The highest BCUT2D eigenvalue weighted by Crippen LogP contribution is 2.32. The molecule has 0 radical (unpaired) electrons. The van der Waals surface area contributed by atoms with Crippen LogP contribution < -0.4 is 0 Å². The Morgan fingerprint density at radius 1 is 1.37 bits per heavy atom. The van der Waals surface area contributed by atoms with Crippen molar-refractivity contribution in [2.45, 2.75) is 58.2 Å². The van der Waals surface area contributed by atoms with E-state index in [1.807, 2.05) is 9.58 Å². The molecule has 0 unspecified atom stereocenters. The summed E-state index contributed by atoms with van der Waals surface area (Å²) in [5.41, 5.74) is 0.983. The summed E-state index contributed by atoms with van der Waals surface area (Å²) in [6, 6.07) is 0.349. The first kappa shape index (κ1) is 13.8. The minimum Gasteiger partial charge on any atom is -0.453 e. The molecule has 0 aromatic carbocycles. The van der Waals surface area contributed by atoms with Crippen LogP contribution in [0.3, 0.4) is 0 Å². The quantitative estimate of drug-likeness (QED) is 0.839. The van der Waals surface area contributed by atoms with E-state index in [4.69, 9.17) is 4.74 Å². The van der Waals surface area contributed by atoms with Crippen molar-refractivity contribution in [2.24, 2.45) is 0 Å². The van der Waals surface area contributed by atoms with E-state index in [1.165, 1.54) is 7.11 Å². The molecule has 0 saturated heterocycles. The first-order chi connectivity index (χ1) is 9.22. The van der Waals surface area contributed by atoms with Gasteiger partial charge in [-0.2, -0.15) is 0 Å². The van der Waals surface area contributed by atoms with Gasteiger partial charge in [-0.15, -0.1) is 5.10 Å². The molecule has 0 N–H and O–H groups in total. The van der Waals surface area contributed by atoms with Crippen LogP contribution in [0.1, 0.15) is 51.3 Å². The molecule has 2 rings (SSSR count). The highest BCUT2D eigenvalue weighted by molar-refractivity contribution is 5.68. The van der Waals surface area contributed by atoms with Crippen LogP contribution >= 0.6 is 0 Å². The molecule has 0 spiro atoms. The number of ether oxygens (including phenoxy) is 1. The van der Waals surface area contributed by atoms with Crippen LogP contribution in [-0.4, -0.2) is 39.1 Å². The highest BCUT2D eigenvalue weighted by atomic mass is 16.5. The second-order valence-electron chi connectivity index (χ2n) is 4.98. The predicted octanol–water partition coefficient (Wildman–Crippen LogP) is 2.37. The van der Waals surface area contributed by atoms with Crippen molar-refractivity contribution in [1.29, 1.82) is 0 Å². The van der Waals surface area contributed by atoms with Gasteiger partial charge in [0.15, 0.2) is 0 Å². The van der Waals surface area contributed by atoms with Crippen LogP contribution in [0.4, 0.5) is 4.79 Å². The molecule has 0 bridgehead atoms. The Morgan fingerprint density at radius 3 is 2.68 bits per heavy atom. The van der Waals surface area contributed by atoms with Crippen molar-refractivity contribution in [3.63, 3.8) is 0 Å². The fourth-order valence-electron chi connectivity index (χ4n) is 2.89. The molecular weight excluding hydrogens is 244 g/mol. The van der Waals surface area contributed by atoms with Gasteiger partial charge in [0, 0.05) is 0 Å². The van der Waals surface area contributed by atoms with E-state index in [2.05, 4.69) is 24.2 Å². The molecular formula is C13H22N4O2. The number of carbonyl (C=O) groups excluding carboxylic acids is 1.